The number of phenolic OH excluding ortho intramolecular Hbond substituents is 1. The molecule has 44 heavy (non-hydrogen) atoms. The normalized spacial score (nSPS) is 20.7. The maximum atomic E-state index is 15.0. The summed E-state index contributed by atoms with van der Waals surface area (Å²) < 4.78 is 40.6. The number of halogens is 2. The summed E-state index contributed by atoms with van der Waals surface area (Å²) in [6.45, 7) is 7.28. The monoisotopic (exact) mass is 607 g/mol. The van der Waals surface area contributed by atoms with Crippen LogP contribution in [0.1, 0.15) is 60.6 Å². The summed E-state index contributed by atoms with van der Waals surface area (Å²) >= 11 is 0. The molecule has 0 bridgehead atoms. The molecule has 0 atom stereocenters. The van der Waals surface area contributed by atoms with Crippen LogP contribution in [0.4, 0.5) is 20.3 Å². The fourth-order valence-electron chi connectivity index (χ4n) is 6.92. The van der Waals surface area contributed by atoms with E-state index in [1.165, 1.54) is 12.1 Å². The van der Waals surface area contributed by atoms with Crippen LogP contribution in [0.2, 0.25) is 0 Å². The number of anilines is 2. The lowest BCUT2D eigenvalue weighted by atomic mass is 9.99. The summed E-state index contributed by atoms with van der Waals surface area (Å²) in [7, 11) is 0. The molecule has 3 aromatic rings. The maximum absolute atomic E-state index is 15.0. The van der Waals surface area contributed by atoms with Gasteiger partial charge in [0.2, 0.25) is 0 Å². The quantitative estimate of drug-likeness (QED) is 0.382. The summed E-state index contributed by atoms with van der Waals surface area (Å²) in [5.41, 5.74) is 1.89. The van der Waals surface area contributed by atoms with E-state index in [0.29, 0.717) is 91.3 Å². The lowest BCUT2D eigenvalue weighted by molar-refractivity contribution is 0.0996. The molecule has 0 spiro atoms. The van der Waals surface area contributed by atoms with E-state index in [1.807, 2.05) is 6.92 Å². The van der Waals surface area contributed by atoms with E-state index in [-0.39, 0.29) is 35.4 Å². The zero-order chi connectivity index (χ0) is 30.4. The van der Waals surface area contributed by atoms with Gasteiger partial charge in [-0.25, -0.2) is 8.78 Å². The van der Waals surface area contributed by atoms with Crippen molar-refractivity contribution in [2.75, 3.05) is 62.3 Å². The first-order valence-electron chi connectivity index (χ1n) is 15.8. The van der Waals surface area contributed by atoms with Crippen LogP contribution in [-0.4, -0.2) is 84.6 Å². The molecule has 7 rings (SSSR count). The number of aromatic hydroxyl groups is 1. The van der Waals surface area contributed by atoms with Gasteiger partial charge in [0.15, 0.2) is 0 Å². The Balaban J connectivity index is 1.22. The van der Waals surface area contributed by atoms with Crippen LogP contribution in [0, 0.1) is 11.2 Å². The van der Waals surface area contributed by atoms with Gasteiger partial charge in [0, 0.05) is 56.2 Å². The summed E-state index contributed by atoms with van der Waals surface area (Å²) in [5.74, 6) is -0.126. The van der Waals surface area contributed by atoms with E-state index in [4.69, 9.17) is 19.4 Å². The minimum absolute atomic E-state index is 0.00427. The van der Waals surface area contributed by atoms with Crippen molar-refractivity contribution in [1.82, 2.24) is 14.9 Å². The SMILES string of the molecule is CCc1c(F)ccc2cc(O)cc(N3Cc4nc(OCC5(CN6CCC(F)CC6)CC5)nc(N5CCCOCC5)c4C3=O)c12. The van der Waals surface area contributed by atoms with Crippen molar-refractivity contribution < 1.29 is 28.2 Å². The molecule has 4 aliphatic rings. The lowest BCUT2D eigenvalue weighted by Gasteiger charge is -2.31. The molecular formula is C33H39F2N5O4. The van der Waals surface area contributed by atoms with Crippen molar-refractivity contribution in [2.24, 2.45) is 5.41 Å². The van der Waals surface area contributed by atoms with Crippen molar-refractivity contribution in [2.45, 2.75) is 58.2 Å². The van der Waals surface area contributed by atoms with Crippen LogP contribution in [0.25, 0.3) is 10.8 Å². The van der Waals surface area contributed by atoms with Gasteiger partial charge in [-0.05, 0) is 61.6 Å². The zero-order valence-corrected chi connectivity index (χ0v) is 25.2. The number of hydrogen-bond acceptors (Lipinski definition) is 8. The summed E-state index contributed by atoms with van der Waals surface area (Å²) in [6, 6.07) is 6.37. The Hall–Kier alpha value is -3.57. The largest absolute Gasteiger partial charge is 0.508 e. The summed E-state index contributed by atoms with van der Waals surface area (Å²) in [4.78, 5) is 29.8. The number of carbonyl (C=O) groups excluding carboxylic acids is 1. The third-order valence-electron chi connectivity index (χ3n) is 9.55. The van der Waals surface area contributed by atoms with Crippen LogP contribution in [0.15, 0.2) is 24.3 Å². The van der Waals surface area contributed by atoms with E-state index in [0.717, 1.165) is 38.9 Å². The number of alkyl halides is 1. The van der Waals surface area contributed by atoms with Crippen LogP contribution < -0.4 is 14.5 Å². The molecule has 3 aliphatic heterocycles. The highest BCUT2D eigenvalue weighted by molar-refractivity contribution is 6.16. The average molecular weight is 608 g/mol. The first-order valence-corrected chi connectivity index (χ1v) is 15.8. The fraction of sp³-hybridized carbons (Fsp3) is 0.545. The number of ether oxygens (including phenoxy) is 2. The molecule has 2 saturated heterocycles. The lowest BCUT2D eigenvalue weighted by Crippen LogP contribution is -2.39. The van der Waals surface area contributed by atoms with Crippen LogP contribution in [-0.2, 0) is 17.7 Å². The van der Waals surface area contributed by atoms with E-state index >= 15 is 0 Å². The smallest absolute Gasteiger partial charge is 0.318 e. The fourth-order valence-corrected chi connectivity index (χ4v) is 6.92. The summed E-state index contributed by atoms with van der Waals surface area (Å²) in [5, 5.41) is 11.9. The first kappa shape index (κ1) is 29.2. The highest BCUT2D eigenvalue weighted by Gasteiger charge is 2.46. The number of amides is 1. The van der Waals surface area contributed by atoms with Crippen molar-refractivity contribution in [3.05, 3.63) is 46.9 Å². The second-order valence-electron chi connectivity index (χ2n) is 12.7. The standard InChI is InChI=1S/C33H39F2N5O4/c1-2-24-25(35)5-4-21-16-23(41)17-27(28(21)24)40-18-26-29(31(40)42)30(39-10-3-14-43-15-13-39)37-32(36-26)44-20-33(8-9-33)19-38-11-6-22(34)7-12-38/h4-5,16-17,22,41H,2-3,6-15,18-20H2,1H3. The molecule has 234 valence electrons. The Labute approximate surface area is 255 Å². The van der Waals surface area contributed by atoms with Crippen molar-refractivity contribution in [3.63, 3.8) is 0 Å². The molecule has 11 heteroatoms. The molecule has 4 heterocycles. The molecule has 1 saturated carbocycles. The number of benzene rings is 2. The number of piperidine rings is 1. The Kier molecular flexibility index (Phi) is 7.78. The minimum Gasteiger partial charge on any atom is -0.508 e. The third kappa shape index (κ3) is 5.56. The molecule has 3 fully saturated rings. The number of aryl methyl sites for hydroxylation is 1. The van der Waals surface area contributed by atoms with E-state index in [9.17, 15) is 18.7 Å². The number of carbonyl (C=O) groups is 1. The van der Waals surface area contributed by atoms with Gasteiger partial charge >= 0.3 is 6.01 Å². The van der Waals surface area contributed by atoms with E-state index < -0.39 is 6.17 Å². The van der Waals surface area contributed by atoms with Gasteiger partial charge in [-0.15, -0.1) is 0 Å². The molecule has 1 aromatic heterocycles. The second-order valence-corrected chi connectivity index (χ2v) is 12.7. The number of phenols is 1. The topological polar surface area (TPSA) is 91.3 Å². The minimum atomic E-state index is -0.701. The number of fused-ring (bicyclic) bond motifs is 2. The Bertz CT molecular complexity index is 1570. The van der Waals surface area contributed by atoms with Gasteiger partial charge < -0.3 is 29.3 Å². The van der Waals surface area contributed by atoms with Gasteiger partial charge in [-0.1, -0.05) is 13.0 Å². The molecular weight excluding hydrogens is 568 g/mol. The molecule has 0 radical (unpaired) electrons. The molecule has 1 amide bonds. The molecule has 1 aliphatic carbocycles. The Morgan fingerprint density at radius 2 is 1.93 bits per heavy atom. The van der Waals surface area contributed by atoms with Gasteiger partial charge in [-0.2, -0.15) is 9.97 Å². The van der Waals surface area contributed by atoms with Crippen LogP contribution in [0.5, 0.6) is 11.8 Å². The van der Waals surface area contributed by atoms with Gasteiger partial charge in [0.1, 0.15) is 29.1 Å². The van der Waals surface area contributed by atoms with E-state index in [2.05, 4.69) is 9.80 Å². The van der Waals surface area contributed by atoms with Crippen molar-refractivity contribution >= 4 is 28.2 Å². The van der Waals surface area contributed by atoms with Crippen molar-refractivity contribution in [3.8, 4) is 11.8 Å². The first-order chi connectivity index (χ1) is 21.3. The van der Waals surface area contributed by atoms with Crippen LogP contribution >= 0.6 is 0 Å². The second kappa shape index (κ2) is 11.7. The molecule has 1 N–H and O–H groups in total. The molecule has 9 nitrogen and oxygen atoms in total. The summed E-state index contributed by atoms with van der Waals surface area (Å²) in [6.07, 6.45) is 3.77. The number of likely N-dealkylation sites (tertiary alicyclic amines) is 1. The number of rotatable bonds is 8. The Morgan fingerprint density at radius 3 is 2.70 bits per heavy atom. The predicted molar refractivity (Wildman–Crippen MR) is 163 cm³/mol. The highest BCUT2D eigenvalue weighted by atomic mass is 19.1. The van der Waals surface area contributed by atoms with Gasteiger partial charge in [0.25, 0.3) is 5.91 Å². The molecule has 0 unspecified atom stereocenters. The highest BCUT2D eigenvalue weighted by Crippen LogP contribution is 2.47. The number of aromatic nitrogens is 2. The Morgan fingerprint density at radius 1 is 1.11 bits per heavy atom. The predicted octanol–water partition coefficient (Wildman–Crippen LogP) is 5.02. The maximum Gasteiger partial charge on any atom is 0.318 e. The van der Waals surface area contributed by atoms with E-state index in [1.54, 1.807) is 17.0 Å². The van der Waals surface area contributed by atoms with Gasteiger partial charge in [-0.3, -0.25) is 4.79 Å². The average Bonchev–Trinajstić information content (AvgIpc) is 3.77. The van der Waals surface area contributed by atoms with Crippen LogP contribution in [0.3, 0.4) is 0 Å². The van der Waals surface area contributed by atoms with Gasteiger partial charge in [0.05, 0.1) is 31.1 Å². The zero-order valence-electron chi connectivity index (χ0n) is 25.2. The number of nitrogens with zero attached hydrogens (tertiary/aromatic N) is 5. The van der Waals surface area contributed by atoms with Crippen molar-refractivity contribution in [1.29, 1.82) is 0 Å². The molecule has 2 aromatic carbocycles. The number of hydrogen-bond donors (Lipinski definition) is 1. The third-order valence-corrected chi connectivity index (χ3v) is 9.55.